The Bertz CT molecular complexity index is 1310. The molecule has 0 radical (unpaired) electrons. The molecule has 0 N–H and O–H groups in total. The van der Waals surface area contributed by atoms with Gasteiger partial charge in [0.2, 0.25) is 5.52 Å². The van der Waals surface area contributed by atoms with Gasteiger partial charge in [-0.2, -0.15) is 4.57 Å². The van der Waals surface area contributed by atoms with Crippen molar-refractivity contribution in [1.82, 2.24) is 0 Å². The van der Waals surface area contributed by atoms with Crippen molar-refractivity contribution in [3.8, 4) is 0 Å². The van der Waals surface area contributed by atoms with E-state index in [0.717, 1.165) is 25.9 Å². The summed E-state index contributed by atoms with van der Waals surface area (Å²) in [6.45, 7) is 8.75. The summed E-state index contributed by atoms with van der Waals surface area (Å²) >= 11 is 3.77. The maximum atomic E-state index is 2.42. The Morgan fingerprint density at radius 1 is 0.971 bits per heavy atom. The van der Waals surface area contributed by atoms with Crippen LogP contribution in [0.25, 0.3) is 16.3 Å². The van der Waals surface area contributed by atoms with Gasteiger partial charge in [0.1, 0.15) is 11.2 Å². The Hall–Kier alpha value is -1.83. The topological polar surface area (TPSA) is 7.12 Å². The van der Waals surface area contributed by atoms with Gasteiger partial charge in [-0.25, -0.2) is 0 Å². The first-order valence-corrected chi connectivity index (χ1v) is 13.6. The molecular formula is C29H31IN2S2. The number of hydrogen-bond donors (Lipinski definition) is 0. The van der Waals surface area contributed by atoms with Crippen molar-refractivity contribution in [1.29, 1.82) is 0 Å². The van der Waals surface area contributed by atoms with Crippen LogP contribution in [0.1, 0.15) is 45.0 Å². The van der Waals surface area contributed by atoms with Gasteiger partial charge in [-0.05, 0) is 81.0 Å². The fourth-order valence-corrected chi connectivity index (χ4v) is 7.07. The fraction of sp³-hybridized carbons (Fsp3) is 0.276. The third-order valence-electron chi connectivity index (χ3n) is 6.62. The lowest BCUT2D eigenvalue weighted by Gasteiger charge is -2.20. The SMILES string of the molecule is CCN1/C(=C\C=C2/CCCC(/C=C/c3sc4ccccc4[n+]3CC)=C2C)Sc2ccccc21.[I-]. The summed E-state index contributed by atoms with van der Waals surface area (Å²) < 4.78 is 3.78. The molecule has 1 aliphatic carbocycles. The molecule has 1 aromatic heterocycles. The average Bonchev–Trinajstić information content (AvgIpc) is 3.39. The molecule has 0 fully saturated rings. The first-order chi connectivity index (χ1) is 16.2. The molecule has 0 amide bonds. The van der Waals surface area contributed by atoms with E-state index < -0.39 is 0 Å². The summed E-state index contributed by atoms with van der Waals surface area (Å²) in [7, 11) is 0. The Morgan fingerprint density at radius 3 is 2.59 bits per heavy atom. The summed E-state index contributed by atoms with van der Waals surface area (Å²) in [5.41, 5.74) is 7.06. The van der Waals surface area contributed by atoms with E-state index in [4.69, 9.17) is 0 Å². The minimum absolute atomic E-state index is 0. The second-order valence-electron chi connectivity index (χ2n) is 8.50. The van der Waals surface area contributed by atoms with Gasteiger partial charge in [0.15, 0.2) is 0 Å². The first-order valence-electron chi connectivity index (χ1n) is 11.9. The lowest BCUT2D eigenvalue weighted by Crippen LogP contribution is -3.00. The Kier molecular flexibility index (Phi) is 8.38. The number of fused-ring (bicyclic) bond motifs is 2. The van der Waals surface area contributed by atoms with Gasteiger partial charge in [0, 0.05) is 23.6 Å². The zero-order chi connectivity index (χ0) is 22.8. The Labute approximate surface area is 228 Å². The molecule has 0 saturated heterocycles. The highest BCUT2D eigenvalue weighted by molar-refractivity contribution is 8.03. The lowest BCUT2D eigenvalue weighted by molar-refractivity contribution is -0.665. The van der Waals surface area contributed by atoms with E-state index in [1.807, 2.05) is 23.1 Å². The molecule has 0 spiro atoms. The van der Waals surface area contributed by atoms with Crippen LogP contribution < -0.4 is 33.4 Å². The summed E-state index contributed by atoms with van der Waals surface area (Å²) in [6, 6.07) is 17.4. The third kappa shape index (κ3) is 4.93. The Balaban J connectivity index is 0.00000274. The minimum atomic E-state index is 0. The monoisotopic (exact) mass is 598 g/mol. The highest BCUT2D eigenvalue weighted by Gasteiger charge is 2.23. The molecule has 0 bridgehead atoms. The molecule has 0 saturated carbocycles. The molecule has 0 atom stereocenters. The molecule has 2 aromatic carbocycles. The van der Waals surface area contributed by atoms with E-state index in [0.29, 0.717) is 0 Å². The predicted octanol–water partition coefficient (Wildman–Crippen LogP) is 5.13. The standard InChI is InChI=1S/C29H31N2S2.HI/c1-4-30-24-13-6-8-15-26(24)32-28(30)19-17-22-11-10-12-23(21(22)3)18-20-29-31(5-2)25-14-7-9-16-27(25)33-29;/h6-9,13-20H,4-5,10-12H2,1-3H3;1H/q+1;/p-1. The van der Waals surface area contributed by atoms with E-state index in [1.165, 1.54) is 54.0 Å². The maximum absolute atomic E-state index is 2.42. The molecule has 3 aromatic rings. The highest BCUT2D eigenvalue weighted by Crippen LogP contribution is 2.45. The Morgan fingerprint density at radius 2 is 1.76 bits per heavy atom. The zero-order valence-corrected chi connectivity index (χ0v) is 23.8. The van der Waals surface area contributed by atoms with Crippen molar-refractivity contribution in [3.05, 3.63) is 93.5 Å². The number of para-hydroxylation sites is 2. The minimum Gasteiger partial charge on any atom is -1.00 e. The van der Waals surface area contributed by atoms with Gasteiger partial charge in [-0.3, -0.25) is 0 Å². The first kappa shape index (κ1) is 25.3. The van der Waals surface area contributed by atoms with Gasteiger partial charge in [0.05, 0.1) is 10.7 Å². The van der Waals surface area contributed by atoms with Crippen LogP contribution in [0.2, 0.25) is 0 Å². The van der Waals surface area contributed by atoms with Gasteiger partial charge in [-0.1, -0.05) is 59.5 Å². The molecular weight excluding hydrogens is 567 g/mol. The van der Waals surface area contributed by atoms with Crippen LogP contribution in [0.5, 0.6) is 0 Å². The molecule has 176 valence electrons. The third-order valence-corrected chi connectivity index (χ3v) is 8.88. The van der Waals surface area contributed by atoms with Crippen molar-refractivity contribution in [2.45, 2.75) is 51.5 Å². The predicted molar refractivity (Wildman–Crippen MR) is 145 cm³/mol. The molecule has 2 heterocycles. The van der Waals surface area contributed by atoms with E-state index in [-0.39, 0.29) is 24.0 Å². The van der Waals surface area contributed by atoms with E-state index in [1.54, 1.807) is 0 Å². The molecule has 5 rings (SSSR count). The summed E-state index contributed by atoms with van der Waals surface area (Å²) in [5.74, 6) is 0. The zero-order valence-electron chi connectivity index (χ0n) is 20.1. The number of rotatable bonds is 5. The summed E-state index contributed by atoms with van der Waals surface area (Å²) in [4.78, 5) is 3.78. The van der Waals surface area contributed by atoms with Crippen LogP contribution in [-0.4, -0.2) is 6.54 Å². The van der Waals surface area contributed by atoms with E-state index >= 15 is 0 Å². The van der Waals surface area contributed by atoms with Crippen molar-refractivity contribution >= 4 is 45.1 Å². The van der Waals surface area contributed by atoms with Gasteiger partial charge in [-0.15, -0.1) is 0 Å². The van der Waals surface area contributed by atoms with Gasteiger partial charge >= 0.3 is 0 Å². The molecule has 1 aliphatic heterocycles. The van der Waals surface area contributed by atoms with Crippen LogP contribution in [0.15, 0.2) is 93.4 Å². The number of aromatic nitrogens is 1. The molecule has 5 heteroatoms. The van der Waals surface area contributed by atoms with Crippen molar-refractivity contribution in [2.24, 2.45) is 0 Å². The van der Waals surface area contributed by atoms with Gasteiger partial charge in [0.25, 0.3) is 5.01 Å². The van der Waals surface area contributed by atoms with Crippen LogP contribution in [-0.2, 0) is 6.54 Å². The summed E-state index contributed by atoms with van der Waals surface area (Å²) in [5, 5.41) is 2.66. The second-order valence-corrected chi connectivity index (χ2v) is 10.6. The summed E-state index contributed by atoms with van der Waals surface area (Å²) in [6.07, 6.45) is 12.9. The van der Waals surface area contributed by atoms with Crippen LogP contribution in [0.4, 0.5) is 5.69 Å². The number of aryl methyl sites for hydroxylation is 1. The van der Waals surface area contributed by atoms with E-state index in [9.17, 15) is 0 Å². The number of allylic oxidation sites excluding steroid dienone is 6. The molecule has 2 aliphatic rings. The molecule has 2 nitrogen and oxygen atoms in total. The number of benzene rings is 2. The number of halogens is 1. The number of nitrogens with zero attached hydrogens (tertiary/aromatic N) is 2. The number of thiazole rings is 1. The second kappa shape index (κ2) is 11.3. The molecule has 34 heavy (non-hydrogen) atoms. The largest absolute Gasteiger partial charge is 1.00 e. The van der Waals surface area contributed by atoms with Crippen LogP contribution in [0.3, 0.4) is 0 Å². The number of anilines is 1. The highest BCUT2D eigenvalue weighted by atomic mass is 127. The van der Waals surface area contributed by atoms with Crippen molar-refractivity contribution in [3.63, 3.8) is 0 Å². The lowest BCUT2D eigenvalue weighted by atomic mass is 9.88. The van der Waals surface area contributed by atoms with Crippen LogP contribution >= 0.6 is 23.1 Å². The normalized spacial score (nSPS) is 18.4. The van der Waals surface area contributed by atoms with E-state index in [2.05, 4.69) is 103 Å². The number of hydrogen-bond acceptors (Lipinski definition) is 3. The average molecular weight is 599 g/mol. The van der Waals surface area contributed by atoms with Crippen molar-refractivity contribution in [2.75, 3.05) is 11.4 Å². The quantitative estimate of drug-likeness (QED) is 0.297. The van der Waals surface area contributed by atoms with Gasteiger partial charge < -0.3 is 28.9 Å². The van der Waals surface area contributed by atoms with Crippen molar-refractivity contribution < 1.29 is 28.5 Å². The fourth-order valence-electron chi connectivity index (χ4n) is 4.82. The maximum Gasteiger partial charge on any atom is 0.262 e. The van der Waals surface area contributed by atoms with Crippen LogP contribution in [0, 0.1) is 0 Å². The molecule has 0 unspecified atom stereocenters. The number of thioether (sulfide) groups is 1. The smallest absolute Gasteiger partial charge is 0.262 e.